The largest absolute Gasteiger partial charge is 0.447 e. The van der Waals surface area contributed by atoms with E-state index >= 15 is 0 Å². The summed E-state index contributed by atoms with van der Waals surface area (Å²) in [5.74, 6) is -0.440. The topological polar surface area (TPSA) is 174 Å². The number of benzene rings is 2. The smallest absolute Gasteiger partial charge is 0.412 e. The molecule has 3 rings (SSSR count). The van der Waals surface area contributed by atoms with Gasteiger partial charge in [0, 0.05) is 18.1 Å². The van der Waals surface area contributed by atoms with Crippen LogP contribution in [0.3, 0.4) is 0 Å². The number of aliphatic hydroxyl groups excluding tert-OH is 4. The first-order valence-electron chi connectivity index (χ1n) is 12.6. The molecule has 0 radical (unpaired) electrons. The van der Waals surface area contributed by atoms with Crippen molar-refractivity contribution in [2.24, 2.45) is 0 Å². The van der Waals surface area contributed by atoms with E-state index in [4.69, 9.17) is 26.2 Å². The normalized spacial score (nSPS) is 13.3. The molecule has 1 unspecified atom stereocenters. The molecule has 0 aliphatic carbocycles. The Bertz CT molecular complexity index is 1300. The lowest BCUT2D eigenvalue weighted by atomic mass is 10.2. The molecule has 0 spiro atoms. The third-order valence-electron chi connectivity index (χ3n) is 5.88. The highest BCUT2D eigenvalue weighted by molar-refractivity contribution is 6.31. The van der Waals surface area contributed by atoms with Crippen LogP contribution < -0.4 is 10.6 Å². The number of aromatic nitrogens is 1. The van der Waals surface area contributed by atoms with E-state index in [1.807, 2.05) is 24.3 Å². The van der Waals surface area contributed by atoms with Crippen LogP contribution in [-0.2, 0) is 16.0 Å². The number of hydrogen-bond donors (Lipinski definition) is 6. The molecule has 0 aliphatic heterocycles. The molecule has 1 aromatic heterocycles. The average molecular weight is 595 g/mol. The first-order valence-corrected chi connectivity index (χ1v) is 13.0. The van der Waals surface area contributed by atoms with E-state index in [1.54, 1.807) is 12.3 Å². The monoisotopic (exact) mass is 594 g/mol. The number of nitrogens with zero attached hydrogens (tertiary/aromatic N) is 2. The Kier molecular flexibility index (Phi) is 12.5. The van der Waals surface area contributed by atoms with Gasteiger partial charge in [-0.1, -0.05) is 48.0 Å². The summed E-state index contributed by atoms with van der Waals surface area (Å²) in [6, 6.07) is 11.4. The molecule has 222 valence electrons. The highest BCUT2D eigenvalue weighted by atomic mass is 35.5. The number of urea groups is 1. The van der Waals surface area contributed by atoms with Gasteiger partial charge in [0.1, 0.15) is 24.3 Å². The van der Waals surface area contributed by atoms with Gasteiger partial charge >= 0.3 is 12.1 Å². The van der Waals surface area contributed by atoms with Crippen molar-refractivity contribution in [1.29, 1.82) is 0 Å². The summed E-state index contributed by atoms with van der Waals surface area (Å²) < 4.78 is 24.6. The third-order valence-corrected chi connectivity index (χ3v) is 6.30. The van der Waals surface area contributed by atoms with Crippen molar-refractivity contribution in [3.05, 3.63) is 71.1 Å². The summed E-state index contributed by atoms with van der Waals surface area (Å²) in [5.41, 5.74) is 0.292. The first kappa shape index (κ1) is 31.9. The summed E-state index contributed by atoms with van der Waals surface area (Å²) in [5, 5.41) is 44.8. The Balaban J connectivity index is 1.72. The summed E-state index contributed by atoms with van der Waals surface area (Å²) in [6.45, 7) is -2.82. The quantitative estimate of drug-likeness (QED) is 0.163. The van der Waals surface area contributed by atoms with Crippen LogP contribution in [0.4, 0.5) is 19.8 Å². The Labute approximate surface area is 240 Å². The number of pyridine rings is 1. The lowest BCUT2D eigenvalue weighted by Crippen LogP contribution is -2.53. The molecule has 0 saturated heterocycles. The zero-order valence-electron chi connectivity index (χ0n) is 22.0. The number of ether oxygens (including phenoxy) is 2. The van der Waals surface area contributed by atoms with Gasteiger partial charge in [-0.25, -0.2) is 19.0 Å². The first-order chi connectivity index (χ1) is 19.7. The van der Waals surface area contributed by atoms with Crippen LogP contribution in [0.5, 0.6) is 0 Å². The van der Waals surface area contributed by atoms with E-state index in [-0.39, 0.29) is 30.6 Å². The molecule has 41 heavy (non-hydrogen) atoms. The van der Waals surface area contributed by atoms with Crippen molar-refractivity contribution in [2.75, 3.05) is 44.9 Å². The molecule has 12 nitrogen and oxygen atoms in total. The van der Waals surface area contributed by atoms with Gasteiger partial charge in [0.05, 0.1) is 50.1 Å². The second-order valence-corrected chi connectivity index (χ2v) is 9.41. The fourth-order valence-electron chi connectivity index (χ4n) is 3.73. The predicted molar refractivity (Wildman–Crippen MR) is 148 cm³/mol. The number of carbonyl (C=O) groups excluding carboxylic acids is 2. The maximum atomic E-state index is 13.8. The average Bonchev–Trinajstić information content (AvgIpc) is 2.98. The van der Waals surface area contributed by atoms with Crippen molar-refractivity contribution >= 4 is 40.3 Å². The molecule has 0 bridgehead atoms. The second kappa shape index (κ2) is 16.0. The summed E-state index contributed by atoms with van der Waals surface area (Å²) in [7, 11) is 0. The second-order valence-electron chi connectivity index (χ2n) is 9.03. The van der Waals surface area contributed by atoms with Gasteiger partial charge < -0.3 is 40.1 Å². The molecule has 3 atom stereocenters. The third kappa shape index (κ3) is 9.78. The molecule has 0 fully saturated rings. The van der Waals surface area contributed by atoms with Crippen LogP contribution in [0.1, 0.15) is 5.56 Å². The van der Waals surface area contributed by atoms with E-state index in [0.29, 0.717) is 5.56 Å². The van der Waals surface area contributed by atoms with Gasteiger partial charge in [-0.05, 0) is 23.1 Å². The van der Waals surface area contributed by atoms with Crippen molar-refractivity contribution in [1.82, 2.24) is 15.2 Å². The van der Waals surface area contributed by atoms with Gasteiger partial charge in [0.25, 0.3) is 0 Å². The number of halogens is 2. The fourth-order valence-corrected chi connectivity index (χ4v) is 3.92. The number of rotatable bonds is 14. The van der Waals surface area contributed by atoms with Crippen molar-refractivity contribution in [3.63, 3.8) is 0 Å². The van der Waals surface area contributed by atoms with Crippen LogP contribution >= 0.6 is 11.6 Å². The van der Waals surface area contributed by atoms with E-state index in [1.165, 1.54) is 18.2 Å². The van der Waals surface area contributed by atoms with E-state index < -0.39 is 62.6 Å². The SMILES string of the molecule is O=C(Nc1cc2ccccc2cn1)OC[C@H](COC[C@H](O)CO)N(CC(O)CO)C(=O)NCc1cccc(F)c1Cl. The minimum absolute atomic E-state index is 0.171. The highest BCUT2D eigenvalue weighted by Gasteiger charge is 2.28. The number of anilines is 1. The summed E-state index contributed by atoms with van der Waals surface area (Å²) >= 11 is 5.97. The minimum atomic E-state index is -1.36. The lowest BCUT2D eigenvalue weighted by molar-refractivity contribution is -0.0255. The van der Waals surface area contributed by atoms with Gasteiger partial charge in [0.2, 0.25) is 0 Å². The number of carbonyl (C=O) groups is 2. The molecule has 2 aromatic carbocycles. The lowest BCUT2D eigenvalue weighted by Gasteiger charge is -2.33. The molecule has 0 saturated carbocycles. The van der Waals surface area contributed by atoms with Crippen LogP contribution in [-0.4, -0.2) is 100 Å². The number of fused-ring (bicyclic) bond motifs is 1. The van der Waals surface area contributed by atoms with Gasteiger partial charge in [-0.3, -0.25) is 5.32 Å². The molecule has 6 N–H and O–H groups in total. The number of hydrogen-bond acceptors (Lipinski definition) is 9. The summed E-state index contributed by atoms with van der Waals surface area (Å²) in [4.78, 5) is 31.0. The minimum Gasteiger partial charge on any atom is -0.447 e. The Morgan fingerprint density at radius 1 is 1.00 bits per heavy atom. The number of nitrogens with one attached hydrogen (secondary N) is 2. The highest BCUT2D eigenvalue weighted by Crippen LogP contribution is 2.20. The van der Waals surface area contributed by atoms with Crippen LogP contribution in [0.25, 0.3) is 10.8 Å². The van der Waals surface area contributed by atoms with Crippen molar-refractivity contribution in [3.8, 4) is 0 Å². The van der Waals surface area contributed by atoms with Gasteiger partial charge in [0.15, 0.2) is 0 Å². The van der Waals surface area contributed by atoms with Crippen LogP contribution in [0.2, 0.25) is 5.02 Å². The van der Waals surface area contributed by atoms with Crippen LogP contribution in [0, 0.1) is 5.82 Å². The maximum Gasteiger partial charge on any atom is 0.412 e. The van der Waals surface area contributed by atoms with Crippen molar-refractivity contribution in [2.45, 2.75) is 24.8 Å². The van der Waals surface area contributed by atoms with Crippen LogP contribution in [0.15, 0.2) is 54.7 Å². The standard InChI is InChI=1S/C27H32ClFN4O8/c28-25-19(6-3-7-23(25)29)10-31-26(38)33(11-21(36)12-34)20(14-40-16-22(37)13-35)15-41-27(39)32-24-8-17-4-1-2-5-18(17)9-30-24/h1-9,20-22,34-37H,10-16H2,(H,31,38)(H,30,32,39)/t20-,21?,22+/m0/s1. The zero-order valence-corrected chi connectivity index (χ0v) is 22.7. The molecule has 14 heteroatoms. The van der Waals surface area contributed by atoms with Gasteiger partial charge in [-0.15, -0.1) is 0 Å². The fraction of sp³-hybridized carbons (Fsp3) is 0.370. The Morgan fingerprint density at radius 3 is 2.46 bits per heavy atom. The van der Waals surface area contributed by atoms with Crippen molar-refractivity contribution < 1.29 is 43.9 Å². The summed E-state index contributed by atoms with van der Waals surface area (Å²) in [6.07, 6.45) is -1.86. The molecule has 1 heterocycles. The van der Waals surface area contributed by atoms with Gasteiger partial charge in [-0.2, -0.15) is 0 Å². The molecule has 3 aromatic rings. The maximum absolute atomic E-state index is 13.8. The molecular formula is C27H32ClFN4O8. The zero-order chi connectivity index (χ0) is 29.8. The predicted octanol–water partition coefficient (Wildman–Crippen LogP) is 1.88. The molecular weight excluding hydrogens is 563 g/mol. The Hall–Kier alpha value is -3.59. The Morgan fingerprint density at radius 2 is 1.73 bits per heavy atom. The molecule has 0 aliphatic rings. The molecule has 3 amide bonds. The van der Waals surface area contributed by atoms with E-state index in [2.05, 4.69) is 15.6 Å². The van der Waals surface area contributed by atoms with E-state index in [9.17, 15) is 29.3 Å². The van der Waals surface area contributed by atoms with E-state index in [0.717, 1.165) is 15.7 Å². The number of amides is 3. The number of aliphatic hydroxyl groups is 4.